The van der Waals surface area contributed by atoms with Crippen molar-refractivity contribution in [2.24, 2.45) is 0 Å². The number of piperidine rings is 1. The lowest BCUT2D eigenvalue weighted by atomic mass is 10.0. The van der Waals surface area contributed by atoms with Crippen LogP contribution in [0.2, 0.25) is 0 Å². The summed E-state index contributed by atoms with van der Waals surface area (Å²) in [6, 6.07) is 23.9. The maximum Gasteiger partial charge on any atom is 0.326 e. The van der Waals surface area contributed by atoms with Crippen molar-refractivity contribution in [3.8, 4) is 16.9 Å². The predicted octanol–water partition coefficient (Wildman–Crippen LogP) is 5.19. The molecule has 0 aliphatic carbocycles. The van der Waals surface area contributed by atoms with E-state index in [9.17, 15) is 9.59 Å². The quantitative estimate of drug-likeness (QED) is 0.335. The number of hydrogen-bond acceptors (Lipinski definition) is 4. The molecule has 1 fully saturated rings. The molecule has 1 aliphatic rings. The van der Waals surface area contributed by atoms with E-state index in [0.29, 0.717) is 25.3 Å². The van der Waals surface area contributed by atoms with E-state index in [1.807, 2.05) is 96.1 Å². The number of rotatable bonds is 9. The van der Waals surface area contributed by atoms with Crippen LogP contribution in [0.4, 0.5) is 0 Å². The smallest absolute Gasteiger partial charge is 0.326 e. The maximum absolute atomic E-state index is 12.9. The molecule has 7 heteroatoms. The number of nitrogens with one attached hydrogen (secondary N) is 1. The van der Waals surface area contributed by atoms with E-state index in [0.717, 1.165) is 60.4 Å². The highest BCUT2D eigenvalue weighted by atomic mass is 16.5. The number of para-hydroxylation sites is 3. The minimum absolute atomic E-state index is 0.0209. The van der Waals surface area contributed by atoms with Crippen LogP contribution < -0.4 is 10.4 Å². The lowest BCUT2D eigenvalue weighted by Gasteiger charge is -2.32. The summed E-state index contributed by atoms with van der Waals surface area (Å²) in [4.78, 5) is 32.7. The van der Waals surface area contributed by atoms with Gasteiger partial charge in [0.2, 0.25) is 0 Å². The number of nitrogens with zero attached hydrogens (tertiary/aromatic N) is 3. The Kier molecular flexibility index (Phi) is 7.94. The zero-order valence-corrected chi connectivity index (χ0v) is 22.2. The van der Waals surface area contributed by atoms with Gasteiger partial charge in [0.1, 0.15) is 12.4 Å². The average Bonchev–Trinajstić information content (AvgIpc) is 3.30. The lowest BCUT2D eigenvalue weighted by molar-refractivity contribution is 0.0773. The third kappa shape index (κ3) is 5.38. The maximum atomic E-state index is 12.9. The van der Waals surface area contributed by atoms with Crippen molar-refractivity contribution in [2.75, 3.05) is 39.3 Å². The predicted molar refractivity (Wildman–Crippen MR) is 152 cm³/mol. The molecule has 1 aromatic heterocycles. The topological polar surface area (TPSA) is 70.6 Å². The Morgan fingerprint density at radius 2 is 1.71 bits per heavy atom. The first kappa shape index (κ1) is 25.8. The van der Waals surface area contributed by atoms with Crippen molar-refractivity contribution in [3.05, 3.63) is 88.8 Å². The summed E-state index contributed by atoms with van der Waals surface area (Å²) in [6.45, 7) is 8.63. The molecular weight excluding hydrogens is 476 g/mol. The van der Waals surface area contributed by atoms with Gasteiger partial charge >= 0.3 is 5.69 Å². The molecule has 198 valence electrons. The van der Waals surface area contributed by atoms with Crippen LogP contribution in [0.1, 0.15) is 43.1 Å². The van der Waals surface area contributed by atoms with Gasteiger partial charge < -0.3 is 14.6 Å². The minimum Gasteiger partial charge on any atom is -0.492 e. The van der Waals surface area contributed by atoms with Gasteiger partial charge in [-0.2, -0.15) is 0 Å². The van der Waals surface area contributed by atoms with Crippen LogP contribution in [-0.4, -0.2) is 64.6 Å². The summed E-state index contributed by atoms with van der Waals surface area (Å²) in [5, 5.41) is 0. The summed E-state index contributed by atoms with van der Waals surface area (Å²) in [6.07, 6.45) is 1.87. The largest absolute Gasteiger partial charge is 0.492 e. The summed E-state index contributed by atoms with van der Waals surface area (Å²) < 4.78 is 8.19. The Bertz CT molecular complexity index is 1440. The van der Waals surface area contributed by atoms with Crippen LogP contribution in [0.25, 0.3) is 22.2 Å². The normalized spacial score (nSPS) is 14.6. The van der Waals surface area contributed by atoms with E-state index < -0.39 is 0 Å². The van der Waals surface area contributed by atoms with E-state index in [4.69, 9.17) is 4.74 Å². The molecule has 5 rings (SSSR count). The fraction of sp³-hybridized carbons (Fsp3) is 0.355. The zero-order chi connectivity index (χ0) is 26.5. The van der Waals surface area contributed by atoms with Gasteiger partial charge in [-0.1, -0.05) is 42.5 Å². The first-order valence-electron chi connectivity index (χ1n) is 13.6. The first-order chi connectivity index (χ1) is 18.6. The van der Waals surface area contributed by atoms with Crippen molar-refractivity contribution in [3.63, 3.8) is 0 Å². The minimum atomic E-state index is -0.0209. The van der Waals surface area contributed by atoms with E-state index in [1.165, 1.54) is 0 Å². The number of likely N-dealkylation sites (tertiary alicyclic amines) is 1. The van der Waals surface area contributed by atoms with E-state index in [2.05, 4.69) is 9.88 Å². The summed E-state index contributed by atoms with van der Waals surface area (Å²) >= 11 is 0. The fourth-order valence-corrected chi connectivity index (χ4v) is 5.47. The van der Waals surface area contributed by atoms with E-state index in [-0.39, 0.29) is 17.6 Å². The number of aromatic nitrogens is 2. The molecule has 7 nitrogen and oxygen atoms in total. The Morgan fingerprint density at radius 3 is 2.50 bits per heavy atom. The van der Waals surface area contributed by atoms with Crippen molar-refractivity contribution >= 4 is 16.9 Å². The Balaban J connectivity index is 1.20. The van der Waals surface area contributed by atoms with Gasteiger partial charge in [-0.25, -0.2) is 4.79 Å². The van der Waals surface area contributed by atoms with Crippen LogP contribution in [0.15, 0.2) is 77.6 Å². The highest BCUT2D eigenvalue weighted by Crippen LogP contribution is 2.31. The van der Waals surface area contributed by atoms with Gasteiger partial charge in [-0.15, -0.1) is 0 Å². The molecule has 38 heavy (non-hydrogen) atoms. The molecule has 0 saturated carbocycles. The van der Waals surface area contributed by atoms with Gasteiger partial charge in [-0.05, 0) is 62.6 Å². The summed E-state index contributed by atoms with van der Waals surface area (Å²) in [7, 11) is 0. The molecule has 1 amide bonds. The van der Waals surface area contributed by atoms with Crippen molar-refractivity contribution in [2.45, 2.75) is 32.7 Å². The molecule has 2 heterocycles. The number of fused-ring (bicyclic) bond motifs is 1. The van der Waals surface area contributed by atoms with Crippen LogP contribution in [0.5, 0.6) is 5.75 Å². The Labute approximate surface area is 223 Å². The summed E-state index contributed by atoms with van der Waals surface area (Å²) in [5.41, 5.74) is 4.52. The number of carbonyl (C=O) groups excluding carboxylic acids is 1. The monoisotopic (exact) mass is 512 g/mol. The molecule has 4 aromatic rings. The van der Waals surface area contributed by atoms with Crippen molar-refractivity contribution in [1.82, 2.24) is 19.4 Å². The SMILES string of the molecule is CCN(CC)C(=O)c1cccc(-c2ccccc2OCCN2CCC(n3c(=O)[nH]c4ccccc43)CC2)c1. The number of carbonyl (C=O) groups is 1. The second-order valence-corrected chi connectivity index (χ2v) is 9.79. The third-order valence-electron chi connectivity index (χ3n) is 7.57. The number of aromatic amines is 1. The van der Waals surface area contributed by atoms with Crippen LogP contribution in [0, 0.1) is 0 Å². The van der Waals surface area contributed by atoms with E-state index in [1.54, 1.807) is 0 Å². The number of H-pyrrole nitrogens is 1. The Morgan fingerprint density at radius 1 is 0.974 bits per heavy atom. The van der Waals surface area contributed by atoms with Gasteiger partial charge in [0.05, 0.1) is 11.0 Å². The second kappa shape index (κ2) is 11.7. The first-order valence-corrected chi connectivity index (χ1v) is 13.6. The highest BCUT2D eigenvalue weighted by Gasteiger charge is 2.23. The van der Waals surface area contributed by atoms with Gasteiger partial charge in [0.15, 0.2) is 0 Å². The molecule has 0 spiro atoms. The van der Waals surface area contributed by atoms with Crippen molar-refractivity contribution < 1.29 is 9.53 Å². The molecule has 1 N–H and O–H groups in total. The Hall–Kier alpha value is -3.84. The number of benzene rings is 3. The zero-order valence-electron chi connectivity index (χ0n) is 22.2. The highest BCUT2D eigenvalue weighted by molar-refractivity contribution is 5.95. The van der Waals surface area contributed by atoms with Gasteiger partial charge in [0.25, 0.3) is 5.91 Å². The molecule has 0 atom stereocenters. The number of imidazole rings is 1. The molecule has 1 saturated heterocycles. The van der Waals surface area contributed by atoms with Gasteiger partial charge in [0, 0.05) is 49.9 Å². The van der Waals surface area contributed by atoms with Crippen molar-refractivity contribution in [1.29, 1.82) is 0 Å². The molecule has 0 radical (unpaired) electrons. The molecule has 0 unspecified atom stereocenters. The lowest BCUT2D eigenvalue weighted by Crippen LogP contribution is -2.38. The van der Waals surface area contributed by atoms with E-state index >= 15 is 0 Å². The summed E-state index contributed by atoms with van der Waals surface area (Å²) in [5.74, 6) is 0.869. The van der Waals surface area contributed by atoms with Crippen LogP contribution >= 0.6 is 0 Å². The van der Waals surface area contributed by atoms with Crippen LogP contribution in [0.3, 0.4) is 0 Å². The molecule has 3 aromatic carbocycles. The average molecular weight is 513 g/mol. The molecule has 0 bridgehead atoms. The number of hydrogen-bond donors (Lipinski definition) is 1. The van der Waals surface area contributed by atoms with Crippen LogP contribution in [-0.2, 0) is 0 Å². The number of amides is 1. The standard InChI is InChI=1S/C31H36N4O3/c1-3-34(4-2)30(36)24-11-9-10-23(22-24)26-12-5-8-15-29(26)38-21-20-33-18-16-25(17-19-33)35-28-14-7-6-13-27(28)32-31(35)37/h5-15,22,25H,3-4,16-21H2,1-2H3,(H,32,37). The molecule has 1 aliphatic heterocycles. The number of ether oxygens (including phenoxy) is 1. The molecular formula is C31H36N4O3. The third-order valence-corrected chi connectivity index (χ3v) is 7.57. The fourth-order valence-electron chi connectivity index (χ4n) is 5.47. The van der Waals surface area contributed by atoms with Gasteiger partial charge in [-0.3, -0.25) is 14.3 Å². The second-order valence-electron chi connectivity index (χ2n) is 9.79.